The minimum absolute atomic E-state index is 0.00910. The maximum absolute atomic E-state index is 14.1. The van der Waals surface area contributed by atoms with E-state index in [1.54, 1.807) is 23.5 Å². The number of piperazine rings is 2. The number of aryl methyl sites for hydroxylation is 1. The number of para-hydroxylation sites is 1. The van der Waals surface area contributed by atoms with E-state index in [-0.39, 0.29) is 61.2 Å². The number of likely N-dealkylation sites (tertiary alicyclic amines) is 1. The number of amides is 5. The van der Waals surface area contributed by atoms with Crippen molar-refractivity contribution in [2.75, 3.05) is 56.4 Å². The molecule has 5 aromatic rings. The summed E-state index contributed by atoms with van der Waals surface area (Å²) in [6, 6.07) is 23.8. The second kappa shape index (κ2) is 26.1. The summed E-state index contributed by atoms with van der Waals surface area (Å²) in [4.78, 5) is 83.3. The van der Waals surface area contributed by atoms with Crippen LogP contribution in [-0.2, 0) is 32.3 Å². The number of hydrogen-bond donors (Lipinski definition) is 5. The van der Waals surface area contributed by atoms with Crippen LogP contribution >= 0.6 is 11.3 Å². The van der Waals surface area contributed by atoms with Gasteiger partial charge in [-0.1, -0.05) is 101 Å². The summed E-state index contributed by atoms with van der Waals surface area (Å²) < 4.78 is 0. The number of nitrogens with zero attached hydrogens (tertiary/aromatic N) is 8. The van der Waals surface area contributed by atoms with Crippen molar-refractivity contribution in [3.8, 4) is 27.4 Å². The van der Waals surface area contributed by atoms with Crippen molar-refractivity contribution in [1.29, 1.82) is 0 Å². The number of nitrogens with two attached hydrogens (primary N) is 1. The summed E-state index contributed by atoms with van der Waals surface area (Å²) in [6.45, 7) is 12.3. The molecule has 0 radical (unpaired) electrons. The molecule has 19 heteroatoms. The maximum Gasteiger partial charge on any atom is 0.253 e. The SMILES string of the molecule is Cc1ncsc1-c1ccc(CNC(=O)[C@@H]2C[C@@H](O)CN2C(=O)[C@@H](NC(=O)CCCCCCCCCC(=O)N2CCN(C(=O)c3cccc(CN4C5CCC4CN(c4cc(-c6ccccc6O)nnc4N)C5)c3)CC2)C(C)(C)C)cc1. The predicted octanol–water partition coefficient (Wildman–Crippen LogP) is 7.32. The molecule has 4 aliphatic rings. The third kappa shape index (κ3) is 14.1. The van der Waals surface area contributed by atoms with E-state index in [4.69, 9.17) is 5.73 Å². The lowest BCUT2D eigenvalue weighted by Gasteiger charge is -2.42. The Hall–Kier alpha value is -6.96. The van der Waals surface area contributed by atoms with Crippen LogP contribution in [0.3, 0.4) is 0 Å². The summed E-state index contributed by atoms with van der Waals surface area (Å²) in [5, 5.41) is 35.5. The topological polar surface area (TPSA) is 231 Å². The Kier molecular flexibility index (Phi) is 18.8. The lowest BCUT2D eigenvalue weighted by Crippen LogP contribution is -2.57. The van der Waals surface area contributed by atoms with E-state index < -0.39 is 23.6 Å². The number of phenolic OH excluding ortho intramolecular Hbond substituents is 1. The van der Waals surface area contributed by atoms with Gasteiger partial charge < -0.3 is 46.2 Å². The number of phenols is 1. The third-order valence-corrected chi connectivity index (χ3v) is 17.4. The average molecular weight is 1110 g/mol. The minimum atomic E-state index is -0.870. The summed E-state index contributed by atoms with van der Waals surface area (Å²) in [5.41, 5.74) is 14.3. The Labute approximate surface area is 474 Å². The number of carbonyl (C=O) groups excluding carboxylic acids is 5. The van der Waals surface area contributed by atoms with Gasteiger partial charge in [-0.2, -0.15) is 0 Å². The van der Waals surface area contributed by atoms with Gasteiger partial charge in [0.15, 0.2) is 5.82 Å². The predicted molar refractivity (Wildman–Crippen MR) is 310 cm³/mol. The lowest BCUT2D eigenvalue weighted by molar-refractivity contribution is -0.144. The first kappa shape index (κ1) is 57.7. The summed E-state index contributed by atoms with van der Waals surface area (Å²) in [6.07, 6.45) is 8.43. The Morgan fingerprint density at radius 3 is 2.14 bits per heavy atom. The van der Waals surface area contributed by atoms with Crippen molar-refractivity contribution < 1.29 is 34.2 Å². The second-order valence-electron chi connectivity index (χ2n) is 23.3. The maximum atomic E-state index is 14.1. The molecule has 2 unspecified atom stereocenters. The summed E-state index contributed by atoms with van der Waals surface area (Å²) in [7, 11) is 0. The molecular formula is C61H79N11O7S. The molecule has 0 aliphatic carbocycles. The van der Waals surface area contributed by atoms with Crippen molar-refractivity contribution >= 4 is 52.4 Å². The van der Waals surface area contributed by atoms with Gasteiger partial charge in [0.05, 0.1) is 33.6 Å². The van der Waals surface area contributed by atoms with Gasteiger partial charge in [-0.05, 0) is 85.0 Å². The average Bonchev–Trinajstić information content (AvgIpc) is 4.13. The Morgan fingerprint density at radius 2 is 1.46 bits per heavy atom. The van der Waals surface area contributed by atoms with Gasteiger partial charge >= 0.3 is 0 Å². The van der Waals surface area contributed by atoms with E-state index in [0.717, 1.165) is 104 Å². The van der Waals surface area contributed by atoms with Crippen LogP contribution in [0.25, 0.3) is 21.7 Å². The number of aliphatic hydroxyl groups is 1. The molecule has 4 fully saturated rings. The van der Waals surface area contributed by atoms with E-state index in [0.29, 0.717) is 73.7 Å². The first-order chi connectivity index (χ1) is 38.5. The number of aromatic hydroxyl groups is 1. The first-order valence-electron chi connectivity index (χ1n) is 28.6. The van der Waals surface area contributed by atoms with Gasteiger partial charge in [0.1, 0.15) is 17.8 Å². The monoisotopic (exact) mass is 1110 g/mol. The molecule has 2 aromatic heterocycles. The molecule has 5 atom stereocenters. The van der Waals surface area contributed by atoms with Gasteiger partial charge in [0, 0.05) is 101 Å². The van der Waals surface area contributed by atoms with Gasteiger partial charge in [0.2, 0.25) is 23.6 Å². The van der Waals surface area contributed by atoms with Gasteiger partial charge in [0.25, 0.3) is 5.91 Å². The van der Waals surface area contributed by atoms with Crippen LogP contribution in [-0.4, -0.2) is 151 Å². The zero-order chi connectivity index (χ0) is 56.5. The second-order valence-corrected chi connectivity index (χ2v) is 24.1. The standard InChI is InChI=1S/C61H79N11O7S/c1-40-55(80-39-64-40)43-23-21-41(22-24-43)34-63-58(77)51-32-47(73)38-72(51)60(79)56(61(2,3)4)65-53(75)19-10-8-6-5-7-9-11-20-54(76)68-27-29-69(30-28-68)59(78)44-16-14-15-42(31-44)35-71-45-25-26-46(71)37-70(36-45)50-33-49(66-67-57(50)62)48-17-12-13-18-52(48)74/h12-18,21-24,31,33,39,45-47,51,56,73-74H,5-11,19-20,25-30,32,34-38H2,1-4H3,(H2,62,67)(H,63,77)(H,65,75)/t45?,46?,47-,51+,56-/m1/s1. The highest BCUT2D eigenvalue weighted by Crippen LogP contribution is 2.38. The number of fused-ring (bicyclic) bond motifs is 2. The lowest BCUT2D eigenvalue weighted by atomic mass is 9.85. The molecule has 4 aliphatic heterocycles. The first-order valence-corrected chi connectivity index (χ1v) is 29.5. The number of nitrogens with one attached hydrogen (secondary N) is 2. The highest BCUT2D eigenvalue weighted by atomic mass is 32.1. The number of aliphatic hydroxyl groups excluding tert-OH is 1. The molecule has 4 saturated heterocycles. The van der Waals surface area contributed by atoms with Crippen LogP contribution in [0.2, 0.25) is 0 Å². The van der Waals surface area contributed by atoms with E-state index in [1.165, 1.54) is 4.90 Å². The third-order valence-electron chi connectivity index (χ3n) is 16.4. The van der Waals surface area contributed by atoms with Crippen LogP contribution < -0.4 is 21.3 Å². The summed E-state index contributed by atoms with van der Waals surface area (Å²) in [5.74, 6) is -0.293. The number of carbonyl (C=O) groups is 5. The van der Waals surface area contributed by atoms with Crippen LogP contribution in [0.1, 0.15) is 125 Å². The molecule has 426 valence electrons. The number of thiazole rings is 1. The quantitative estimate of drug-likeness (QED) is 0.0454. The van der Waals surface area contributed by atoms with Crippen LogP contribution in [0.15, 0.2) is 84.4 Å². The van der Waals surface area contributed by atoms with E-state index >= 15 is 0 Å². The fourth-order valence-electron chi connectivity index (χ4n) is 11.9. The van der Waals surface area contributed by atoms with Crippen LogP contribution in [0.4, 0.5) is 11.5 Å². The highest BCUT2D eigenvalue weighted by Gasteiger charge is 2.45. The summed E-state index contributed by atoms with van der Waals surface area (Å²) >= 11 is 1.58. The van der Waals surface area contributed by atoms with Crippen LogP contribution in [0.5, 0.6) is 5.75 Å². The molecule has 6 heterocycles. The largest absolute Gasteiger partial charge is 0.507 e. The zero-order valence-electron chi connectivity index (χ0n) is 46.8. The molecule has 6 N–H and O–H groups in total. The molecule has 9 rings (SSSR count). The van der Waals surface area contributed by atoms with Crippen molar-refractivity contribution in [3.63, 3.8) is 0 Å². The number of nitrogen functional groups attached to an aromatic ring is 1. The highest BCUT2D eigenvalue weighted by molar-refractivity contribution is 7.13. The normalized spacial score (nSPS) is 19.8. The number of unbranched alkanes of at least 4 members (excludes halogenated alkanes) is 6. The van der Waals surface area contributed by atoms with Gasteiger partial charge in [-0.15, -0.1) is 21.5 Å². The molecule has 0 saturated carbocycles. The van der Waals surface area contributed by atoms with E-state index in [2.05, 4.69) is 41.7 Å². The molecule has 18 nitrogen and oxygen atoms in total. The van der Waals surface area contributed by atoms with Crippen LogP contribution in [0, 0.1) is 12.3 Å². The Balaban J connectivity index is 0.638. The molecule has 0 spiro atoms. The molecule has 3 aromatic carbocycles. The van der Waals surface area contributed by atoms with Crippen molar-refractivity contribution in [2.24, 2.45) is 5.41 Å². The van der Waals surface area contributed by atoms with Gasteiger partial charge in [-0.3, -0.25) is 28.9 Å². The molecular weight excluding hydrogens is 1030 g/mol. The van der Waals surface area contributed by atoms with Crippen molar-refractivity contribution in [3.05, 3.63) is 107 Å². The molecule has 5 amide bonds. The van der Waals surface area contributed by atoms with E-state index in [9.17, 15) is 34.2 Å². The number of aromatic nitrogens is 3. The molecule has 80 heavy (non-hydrogen) atoms. The number of rotatable bonds is 21. The fraction of sp³-hybridized carbons (Fsp3) is 0.508. The van der Waals surface area contributed by atoms with Crippen molar-refractivity contribution in [1.82, 2.24) is 45.4 Å². The number of β-amino-alcohol motifs (C(OH)–C–C–N with tert-alkyl or cyclic N) is 1. The molecule has 2 bridgehead atoms. The van der Waals surface area contributed by atoms with Gasteiger partial charge in [-0.25, -0.2) is 4.98 Å². The fourth-order valence-corrected chi connectivity index (χ4v) is 12.7. The number of benzene rings is 3. The number of hydrogen-bond acceptors (Lipinski definition) is 14. The number of anilines is 2. The minimum Gasteiger partial charge on any atom is -0.507 e. The van der Waals surface area contributed by atoms with Crippen molar-refractivity contribution in [2.45, 2.75) is 148 Å². The van der Waals surface area contributed by atoms with E-state index in [1.807, 2.05) is 104 Å². The zero-order valence-corrected chi connectivity index (χ0v) is 47.6. The Bertz CT molecular complexity index is 2960. The Morgan fingerprint density at radius 1 is 0.787 bits per heavy atom. The smallest absolute Gasteiger partial charge is 0.253 e.